The van der Waals surface area contributed by atoms with Crippen LogP contribution in [0.4, 0.5) is 0 Å². The minimum absolute atomic E-state index is 0.165. The van der Waals surface area contributed by atoms with Crippen molar-refractivity contribution < 1.29 is 17.9 Å². The van der Waals surface area contributed by atoms with E-state index in [4.69, 9.17) is 0 Å². The first-order valence-corrected chi connectivity index (χ1v) is 7.68. The molecule has 0 heterocycles. The summed E-state index contributed by atoms with van der Waals surface area (Å²) in [6.45, 7) is 1.86. The molecule has 1 N–H and O–H groups in total. The van der Waals surface area contributed by atoms with Crippen LogP contribution >= 0.6 is 0 Å². The molecule has 0 amide bonds. The number of benzene rings is 1. The number of rotatable bonds is 5. The van der Waals surface area contributed by atoms with Crippen LogP contribution in [0, 0.1) is 0 Å². The van der Waals surface area contributed by atoms with Gasteiger partial charge in [0.15, 0.2) is 9.84 Å². The van der Waals surface area contributed by atoms with E-state index in [0.29, 0.717) is 0 Å². The van der Waals surface area contributed by atoms with Crippen molar-refractivity contribution >= 4 is 15.8 Å². The summed E-state index contributed by atoms with van der Waals surface area (Å²) in [5.41, 5.74) is 0.233. The Kier molecular flexibility index (Phi) is 4.70. The smallest absolute Gasteiger partial charge is 0.307 e. The zero-order valence-corrected chi connectivity index (χ0v) is 12.4. The van der Waals surface area contributed by atoms with Gasteiger partial charge in [0, 0.05) is 6.26 Å². The van der Waals surface area contributed by atoms with Crippen molar-refractivity contribution in [2.45, 2.75) is 23.8 Å². The van der Waals surface area contributed by atoms with Gasteiger partial charge in [0.1, 0.15) is 0 Å². The molecule has 0 aliphatic carbocycles. The number of sulfone groups is 1. The van der Waals surface area contributed by atoms with Crippen LogP contribution in [-0.2, 0) is 24.9 Å². The normalized spacial score (nSPS) is 14.7. The molecule has 0 aliphatic rings. The number of hydrogen-bond acceptors (Lipinski definition) is 5. The Morgan fingerprint density at radius 1 is 1.32 bits per heavy atom. The topological polar surface area (TPSA) is 72.5 Å². The molecular formula is C13H19NO4S. The minimum Gasteiger partial charge on any atom is -0.469 e. The highest BCUT2D eigenvalue weighted by Gasteiger charge is 2.28. The molecule has 0 fully saturated rings. The minimum atomic E-state index is -3.21. The average Bonchev–Trinajstić information content (AvgIpc) is 2.37. The van der Waals surface area contributed by atoms with Gasteiger partial charge >= 0.3 is 5.97 Å². The highest BCUT2D eigenvalue weighted by molar-refractivity contribution is 7.90. The summed E-state index contributed by atoms with van der Waals surface area (Å²) >= 11 is 0. The molecule has 0 bridgehead atoms. The van der Waals surface area contributed by atoms with Gasteiger partial charge in [0.2, 0.25) is 0 Å². The summed E-state index contributed by atoms with van der Waals surface area (Å²) in [6.07, 6.45) is 1.33. The summed E-state index contributed by atoms with van der Waals surface area (Å²) in [5, 5.41) is 3.07. The quantitative estimate of drug-likeness (QED) is 0.820. The summed E-state index contributed by atoms with van der Waals surface area (Å²) in [7, 11) is -0.130. The van der Waals surface area contributed by atoms with E-state index in [-0.39, 0.29) is 17.3 Å². The molecule has 0 saturated carbocycles. The summed E-state index contributed by atoms with van der Waals surface area (Å²) in [4.78, 5) is 11.7. The molecule has 1 aromatic carbocycles. The molecular weight excluding hydrogens is 266 g/mol. The first-order valence-electron chi connectivity index (χ1n) is 5.79. The van der Waals surface area contributed by atoms with Gasteiger partial charge in [-0.3, -0.25) is 4.79 Å². The average molecular weight is 285 g/mol. The van der Waals surface area contributed by atoms with Crippen LogP contribution in [0.2, 0.25) is 0 Å². The van der Waals surface area contributed by atoms with Crippen LogP contribution in [0.5, 0.6) is 0 Å². The SMILES string of the molecule is CNC(C)(CC(=O)OC)c1ccc(S(C)(=O)=O)cc1. The van der Waals surface area contributed by atoms with E-state index in [9.17, 15) is 13.2 Å². The monoisotopic (exact) mass is 285 g/mol. The van der Waals surface area contributed by atoms with E-state index in [1.807, 2.05) is 6.92 Å². The van der Waals surface area contributed by atoms with Crippen LogP contribution in [-0.4, -0.2) is 34.8 Å². The number of esters is 1. The van der Waals surface area contributed by atoms with Crippen LogP contribution in [0.15, 0.2) is 29.2 Å². The second-order valence-electron chi connectivity index (χ2n) is 4.63. The number of methoxy groups -OCH3 is 1. The first kappa shape index (κ1) is 15.7. The van der Waals surface area contributed by atoms with Gasteiger partial charge in [-0.1, -0.05) is 12.1 Å². The van der Waals surface area contributed by atoms with E-state index in [1.165, 1.54) is 19.2 Å². The van der Waals surface area contributed by atoms with Crippen molar-refractivity contribution in [1.29, 1.82) is 0 Å². The van der Waals surface area contributed by atoms with E-state index >= 15 is 0 Å². The molecule has 0 aromatic heterocycles. The molecule has 1 atom stereocenters. The fourth-order valence-corrected chi connectivity index (χ4v) is 2.40. The maximum atomic E-state index is 11.4. The third kappa shape index (κ3) is 3.78. The van der Waals surface area contributed by atoms with Crippen LogP contribution in [0.1, 0.15) is 18.9 Å². The van der Waals surface area contributed by atoms with Crippen molar-refractivity contribution in [3.63, 3.8) is 0 Å². The third-order valence-electron chi connectivity index (χ3n) is 3.20. The van der Waals surface area contributed by atoms with Gasteiger partial charge in [-0.25, -0.2) is 8.42 Å². The van der Waals surface area contributed by atoms with Crippen LogP contribution < -0.4 is 5.32 Å². The Morgan fingerprint density at radius 2 is 1.84 bits per heavy atom. The lowest BCUT2D eigenvalue weighted by molar-refractivity contribution is -0.142. The fourth-order valence-electron chi connectivity index (χ4n) is 1.77. The highest BCUT2D eigenvalue weighted by atomic mass is 32.2. The van der Waals surface area contributed by atoms with Crippen LogP contribution in [0.25, 0.3) is 0 Å². The number of hydrogen-bond donors (Lipinski definition) is 1. The van der Waals surface area contributed by atoms with E-state index < -0.39 is 15.4 Å². The Bertz CT molecular complexity index is 551. The second kappa shape index (κ2) is 5.71. The molecule has 1 aromatic rings. The molecule has 0 radical (unpaired) electrons. The lowest BCUT2D eigenvalue weighted by Crippen LogP contribution is -2.39. The van der Waals surface area contributed by atoms with Gasteiger partial charge in [-0.2, -0.15) is 0 Å². The number of nitrogens with one attached hydrogen (secondary N) is 1. The molecule has 0 spiro atoms. The standard InChI is InChI=1S/C13H19NO4S/c1-13(14-2,9-12(15)18-3)10-5-7-11(8-6-10)19(4,16)17/h5-8,14H,9H2,1-4H3. The largest absolute Gasteiger partial charge is 0.469 e. The van der Waals surface area contributed by atoms with Gasteiger partial charge in [0.25, 0.3) is 0 Å². The molecule has 0 saturated heterocycles. The molecule has 19 heavy (non-hydrogen) atoms. The summed E-state index contributed by atoms with van der Waals surface area (Å²) in [6, 6.07) is 6.49. The Morgan fingerprint density at radius 3 is 2.21 bits per heavy atom. The number of carbonyl (C=O) groups is 1. The van der Waals surface area contributed by atoms with Crippen molar-refractivity contribution in [1.82, 2.24) is 5.32 Å². The van der Waals surface area contributed by atoms with Gasteiger partial charge in [-0.05, 0) is 31.7 Å². The second-order valence-corrected chi connectivity index (χ2v) is 6.65. The first-order chi connectivity index (χ1) is 8.73. The van der Waals surface area contributed by atoms with Crippen molar-refractivity contribution in [2.75, 3.05) is 20.4 Å². The van der Waals surface area contributed by atoms with Crippen molar-refractivity contribution in [3.8, 4) is 0 Å². The Hall–Kier alpha value is -1.40. The molecule has 5 nitrogen and oxygen atoms in total. The number of ether oxygens (including phenoxy) is 1. The lowest BCUT2D eigenvalue weighted by Gasteiger charge is -2.28. The zero-order valence-electron chi connectivity index (χ0n) is 11.6. The molecule has 106 valence electrons. The Labute approximate surface area is 113 Å². The van der Waals surface area contributed by atoms with Crippen molar-refractivity contribution in [2.24, 2.45) is 0 Å². The highest BCUT2D eigenvalue weighted by Crippen LogP contribution is 2.25. The van der Waals surface area contributed by atoms with Crippen molar-refractivity contribution in [3.05, 3.63) is 29.8 Å². The van der Waals surface area contributed by atoms with Gasteiger partial charge in [0.05, 0.1) is 24.0 Å². The molecule has 6 heteroatoms. The summed E-state index contributed by atoms with van der Waals surface area (Å²) < 4.78 is 27.5. The Balaban J connectivity index is 3.09. The molecule has 0 aliphatic heterocycles. The third-order valence-corrected chi connectivity index (χ3v) is 4.33. The number of carbonyl (C=O) groups excluding carboxylic acids is 1. The predicted molar refractivity (Wildman–Crippen MR) is 72.6 cm³/mol. The molecule has 1 unspecified atom stereocenters. The van der Waals surface area contributed by atoms with Crippen LogP contribution in [0.3, 0.4) is 0 Å². The van der Waals surface area contributed by atoms with E-state index in [0.717, 1.165) is 11.8 Å². The summed E-state index contributed by atoms with van der Waals surface area (Å²) in [5.74, 6) is -0.330. The molecule has 1 rings (SSSR count). The van der Waals surface area contributed by atoms with E-state index in [2.05, 4.69) is 10.1 Å². The zero-order chi connectivity index (χ0) is 14.7. The predicted octanol–water partition coefficient (Wildman–Crippen LogP) is 1.09. The van der Waals surface area contributed by atoms with Gasteiger partial charge in [-0.15, -0.1) is 0 Å². The van der Waals surface area contributed by atoms with E-state index in [1.54, 1.807) is 19.2 Å². The lowest BCUT2D eigenvalue weighted by atomic mass is 9.89. The fraction of sp³-hybridized carbons (Fsp3) is 0.462. The maximum absolute atomic E-state index is 11.4. The van der Waals surface area contributed by atoms with Gasteiger partial charge < -0.3 is 10.1 Å². The maximum Gasteiger partial charge on any atom is 0.307 e.